The lowest BCUT2D eigenvalue weighted by molar-refractivity contribution is -0.138. The van der Waals surface area contributed by atoms with Crippen molar-refractivity contribution in [3.8, 4) is 0 Å². The third-order valence-corrected chi connectivity index (χ3v) is 4.68. The number of amides is 1. The normalized spacial score (nSPS) is 17.2. The highest BCUT2D eigenvalue weighted by Crippen LogP contribution is 2.35. The Balaban J connectivity index is 1.87. The van der Waals surface area contributed by atoms with E-state index in [1.807, 2.05) is 0 Å². The summed E-state index contributed by atoms with van der Waals surface area (Å²) in [6.45, 7) is 3.87. The topological polar surface area (TPSA) is 93.3 Å². The van der Waals surface area contributed by atoms with Crippen LogP contribution in [0, 0.1) is 0 Å². The molecule has 1 amide bonds. The van der Waals surface area contributed by atoms with E-state index in [4.69, 9.17) is 17.3 Å². The predicted octanol–water partition coefficient (Wildman–Crippen LogP) is 4.41. The lowest BCUT2D eigenvalue weighted by atomic mass is 10.1. The van der Waals surface area contributed by atoms with Gasteiger partial charge in [0, 0.05) is 24.5 Å². The number of alkyl halides is 3. The number of hydrogen-bond acceptors (Lipinski definition) is 6. The predicted molar refractivity (Wildman–Crippen MR) is 102 cm³/mol. The summed E-state index contributed by atoms with van der Waals surface area (Å²) in [5, 5.41) is 2.52. The second-order valence-corrected chi connectivity index (χ2v) is 7.44. The summed E-state index contributed by atoms with van der Waals surface area (Å²) in [6, 6.07) is 3.24. The number of aliphatic imine (C=N–C) groups is 1. The Morgan fingerprint density at radius 3 is 2.79 bits per heavy atom. The second-order valence-electron chi connectivity index (χ2n) is 5.80. The number of halogens is 4. The van der Waals surface area contributed by atoms with Gasteiger partial charge in [0.2, 0.25) is 0 Å². The van der Waals surface area contributed by atoms with Crippen molar-refractivity contribution in [3.05, 3.63) is 64.1 Å². The number of thioether (sulfide) groups is 1. The summed E-state index contributed by atoms with van der Waals surface area (Å²) in [7, 11) is 0. The first-order valence-electron chi connectivity index (χ1n) is 7.82. The molecule has 0 aliphatic carbocycles. The lowest BCUT2D eigenvalue weighted by Gasteiger charge is -2.19. The standard InChI is InChI=1S/C17H13ClF3N5OS/c1-8-4-13(26-16(22)28-8)12-6-10(2-3-23-12)25-15(27)14-11(17(19,20)21)5-9(18)7-24-14/h2-3,5-7,13H,1,4H2,(H2,22,26)(H,23,25,27). The van der Waals surface area contributed by atoms with Gasteiger partial charge >= 0.3 is 6.18 Å². The van der Waals surface area contributed by atoms with Crippen LogP contribution >= 0.6 is 23.4 Å². The van der Waals surface area contributed by atoms with E-state index >= 15 is 0 Å². The van der Waals surface area contributed by atoms with Crippen molar-refractivity contribution in [1.29, 1.82) is 0 Å². The monoisotopic (exact) mass is 427 g/mol. The highest BCUT2D eigenvalue weighted by atomic mass is 35.5. The molecule has 0 bridgehead atoms. The lowest BCUT2D eigenvalue weighted by Crippen LogP contribution is -2.21. The van der Waals surface area contributed by atoms with Crippen LogP contribution in [-0.4, -0.2) is 21.0 Å². The third-order valence-electron chi connectivity index (χ3n) is 3.71. The first-order valence-corrected chi connectivity index (χ1v) is 9.02. The number of hydrogen-bond donors (Lipinski definition) is 2. The molecule has 3 heterocycles. The van der Waals surface area contributed by atoms with E-state index in [0.29, 0.717) is 23.3 Å². The molecule has 1 unspecified atom stereocenters. The van der Waals surface area contributed by atoms with E-state index in [1.54, 1.807) is 0 Å². The maximum Gasteiger partial charge on any atom is 0.418 e. The summed E-state index contributed by atoms with van der Waals surface area (Å²) < 4.78 is 39.5. The largest absolute Gasteiger partial charge is 0.418 e. The molecule has 2 aromatic rings. The maximum atomic E-state index is 13.2. The smallest absolute Gasteiger partial charge is 0.378 e. The SMILES string of the molecule is C=C1CC(c2cc(NC(=O)c3ncc(Cl)cc3C(F)(F)F)ccn2)N=C(N)S1. The van der Waals surface area contributed by atoms with Crippen LogP contribution in [0.1, 0.15) is 34.2 Å². The Labute approximate surface area is 167 Å². The van der Waals surface area contributed by atoms with Crippen LogP contribution in [0.2, 0.25) is 5.02 Å². The molecule has 1 atom stereocenters. The average Bonchev–Trinajstić information content (AvgIpc) is 2.60. The van der Waals surface area contributed by atoms with E-state index in [9.17, 15) is 18.0 Å². The van der Waals surface area contributed by atoms with Gasteiger partial charge in [-0.25, -0.2) is 4.98 Å². The molecule has 6 nitrogen and oxygen atoms in total. The van der Waals surface area contributed by atoms with Crippen molar-refractivity contribution < 1.29 is 18.0 Å². The number of nitrogens with one attached hydrogen (secondary N) is 1. The molecule has 0 aromatic carbocycles. The quantitative estimate of drug-likeness (QED) is 0.756. The van der Waals surface area contributed by atoms with Crippen molar-refractivity contribution in [2.24, 2.45) is 10.7 Å². The van der Waals surface area contributed by atoms with Gasteiger partial charge in [-0.2, -0.15) is 13.2 Å². The molecule has 1 aliphatic heterocycles. The van der Waals surface area contributed by atoms with E-state index in [1.165, 1.54) is 30.1 Å². The van der Waals surface area contributed by atoms with Gasteiger partial charge in [-0.1, -0.05) is 29.9 Å². The van der Waals surface area contributed by atoms with Gasteiger partial charge in [0.25, 0.3) is 5.91 Å². The summed E-state index contributed by atoms with van der Waals surface area (Å²) in [5.74, 6) is -1.02. The molecule has 3 N–H and O–H groups in total. The Kier molecular flexibility index (Phi) is 5.61. The van der Waals surface area contributed by atoms with Gasteiger partial charge < -0.3 is 11.1 Å². The summed E-state index contributed by atoms with van der Waals surface area (Å²) in [4.78, 5) is 25.2. The molecule has 1 aliphatic rings. The van der Waals surface area contributed by atoms with Gasteiger partial charge in [-0.05, 0) is 23.1 Å². The van der Waals surface area contributed by atoms with Crippen molar-refractivity contribution in [1.82, 2.24) is 9.97 Å². The third kappa shape index (κ3) is 4.63. The van der Waals surface area contributed by atoms with Gasteiger partial charge in [-0.3, -0.25) is 14.8 Å². The minimum Gasteiger partial charge on any atom is -0.378 e. The van der Waals surface area contributed by atoms with Crippen molar-refractivity contribution in [3.63, 3.8) is 0 Å². The molecule has 2 aromatic heterocycles. The number of rotatable bonds is 3. The molecular weight excluding hydrogens is 415 g/mol. The zero-order valence-corrected chi connectivity index (χ0v) is 15.7. The molecule has 0 spiro atoms. The number of aromatic nitrogens is 2. The first kappa shape index (κ1) is 20.2. The van der Waals surface area contributed by atoms with Crippen LogP contribution in [0.4, 0.5) is 18.9 Å². The fourth-order valence-corrected chi connectivity index (χ4v) is 3.41. The zero-order chi connectivity index (χ0) is 20.5. The molecule has 11 heteroatoms. The molecular formula is C17H13ClF3N5OS. The second kappa shape index (κ2) is 7.80. The number of carbonyl (C=O) groups excluding carboxylic acids is 1. The molecule has 0 radical (unpaired) electrons. The molecule has 146 valence electrons. The number of pyridine rings is 2. The van der Waals surface area contributed by atoms with Gasteiger partial charge in [-0.15, -0.1) is 0 Å². The van der Waals surface area contributed by atoms with Crippen LogP contribution < -0.4 is 11.1 Å². The molecule has 28 heavy (non-hydrogen) atoms. The fraction of sp³-hybridized carbons (Fsp3) is 0.176. The van der Waals surface area contributed by atoms with Gasteiger partial charge in [0.15, 0.2) is 5.17 Å². The van der Waals surface area contributed by atoms with E-state index < -0.39 is 23.3 Å². The molecule has 3 rings (SSSR count). The van der Waals surface area contributed by atoms with Crippen molar-refractivity contribution in [2.75, 3.05) is 5.32 Å². The van der Waals surface area contributed by atoms with E-state index in [-0.39, 0.29) is 16.8 Å². The van der Waals surface area contributed by atoms with Gasteiger partial charge in [0.1, 0.15) is 5.69 Å². The Morgan fingerprint density at radius 2 is 2.11 bits per heavy atom. The van der Waals surface area contributed by atoms with Crippen LogP contribution in [-0.2, 0) is 6.18 Å². The van der Waals surface area contributed by atoms with E-state index in [0.717, 1.165) is 11.1 Å². The van der Waals surface area contributed by atoms with Gasteiger partial charge in [0.05, 0.1) is 22.3 Å². The highest BCUT2D eigenvalue weighted by molar-refractivity contribution is 8.17. The van der Waals surface area contributed by atoms with Crippen LogP contribution in [0.25, 0.3) is 0 Å². The van der Waals surface area contributed by atoms with Crippen LogP contribution in [0.15, 0.2) is 47.1 Å². The number of nitrogens with two attached hydrogens (primary N) is 1. The molecule has 0 fully saturated rings. The molecule has 0 saturated carbocycles. The Hall–Kier alpha value is -2.59. The number of carbonyl (C=O) groups is 1. The minimum absolute atomic E-state index is 0.221. The minimum atomic E-state index is -4.78. The Morgan fingerprint density at radius 1 is 1.36 bits per heavy atom. The van der Waals surface area contributed by atoms with Crippen LogP contribution in [0.3, 0.4) is 0 Å². The first-order chi connectivity index (χ1) is 13.1. The summed E-state index contributed by atoms with van der Waals surface area (Å²) >= 11 is 6.85. The average molecular weight is 428 g/mol. The summed E-state index contributed by atoms with van der Waals surface area (Å²) in [6.07, 6.45) is -1.87. The van der Waals surface area contributed by atoms with Crippen molar-refractivity contribution in [2.45, 2.75) is 18.6 Å². The molecule has 0 saturated heterocycles. The highest BCUT2D eigenvalue weighted by Gasteiger charge is 2.36. The number of anilines is 1. The Bertz CT molecular complexity index is 980. The number of nitrogens with zero attached hydrogens (tertiary/aromatic N) is 3. The van der Waals surface area contributed by atoms with Crippen molar-refractivity contribution >= 4 is 40.1 Å². The fourth-order valence-electron chi connectivity index (χ4n) is 2.54. The van der Waals surface area contributed by atoms with Crippen LogP contribution in [0.5, 0.6) is 0 Å². The zero-order valence-electron chi connectivity index (χ0n) is 14.1. The summed E-state index contributed by atoms with van der Waals surface area (Å²) in [5.41, 5.74) is 4.50. The van der Waals surface area contributed by atoms with E-state index in [2.05, 4.69) is 26.9 Å². The maximum absolute atomic E-state index is 13.2. The number of amidine groups is 1.